The number of hydrogen-bond acceptors (Lipinski definition) is 9. The number of pyridine rings is 1. The number of ether oxygens (including phenoxy) is 3. The van der Waals surface area contributed by atoms with Gasteiger partial charge in [-0.1, -0.05) is 48.3 Å². The zero-order valence-corrected chi connectivity index (χ0v) is 33.3. The van der Waals surface area contributed by atoms with Crippen LogP contribution in [0.2, 0.25) is 0 Å². The van der Waals surface area contributed by atoms with E-state index in [0.717, 1.165) is 66.9 Å². The first-order valence-electron chi connectivity index (χ1n) is 19.8. The maximum Gasteiger partial charge on any atom is 0.230 e. The minimum Gasteiger partial charge on any atom is -0.489 e. The van der Waals surface area contributed by atoms with E-state index in [4.69, 9.17) is 24.2 Å². The second kappa shape index (κ2) is 19.0. The number of aliphatic hydroxyl groups excluding tert-OH is 2. The van der Waals surface area contributed by atoms with Gasteiger partial charge in [0.25, 0.3) is 0 Å². The summed E-state index contributed by atoms with van der Waals surface area (Å²) < 4.78 is 35.2. The number of hydrogen-bond donors (Lipinski definition) is 2. The van der Waals surface area contributed by atoms with Gasteiger partial charge >= 0.3 is 0 Å². The molecule has 2 aliphatic carbocycles. The number of aryl methyl sites for hydroxylation is 1. The molecule has 3 aliphatic rings. The Kier molecular flexibility index (Phi) is 14.1. The van der Waals surface area contributed by atoms with Gasteiger partial charge in [-0.25, -0.2) is 4.39 Å². The van der Waals surface area contributed by atoms with E-state index in [0.29, 0.717) is 30.8 Å². The molecule has 8 nitrogen and oxygen atoms in total. The van der Waals surface area contributed by atoms with Crippen LogP contribution in [0.15, 0.2) is 96.5 Å². The summed E-state index contributed by atoms with van der Waals surface area (Å²) in [6, 6.07) is 16.7. The van der Waals surface area contributed by atoms with Gasteiger partial charge in [-0.2, -0.15) is 11.8 Å². The average Bonchev–Trinajstić information content (AvgIpc) is 3.18. The van der Waals surface area contributed by atoms with Crippen LogP contribution in [0.5, 0.6) is 11.5 Å². The van der Waals surface area contributed by atoms with Crippen molar-refractivity contribution < 1.29 is 33.7 Å². The Hall–Kier alpha value is -3.70. The summed E-state index contributed by atoms with van der Waals surface area (Å²) >= 11 is 1.84. The number of oxime groups is 1. The van der Waals surface area contributed by atoms with E-state index in [1.165, 1.54) is 11.6 Å². The number of unbranched alkanes of at least 4 members (excludes halogenated alkanes) is 2. The van der Waals surface area contributed by atoms with Crippen LogP contribution in [0, 0.1) is 23.6 Å². The van der Waals surface area contributed by atoms with Gasteiger partial charge in [0.15, 0.2) is 0 Å². The molecule has 2 aromatic carbocycles. The van der Waals surface area contributed by atoms with Crippen LogP contribution in [-0.2, 0) is 22.6 Å². The first-order valence-corrected chi connectivity index (χ1v) is 20.9. The summed E-state index contributed by atoms with van der Waals surface area (Å²) in [5.41, 5.74) is 4.23. The van der Waals surface area contributed by atoms with Crippen molar-refractivity contribution in [1.29, 1.82) is 0 Å². The minimum absolute atomic E-state index is 0.0631. The lowest BCUT2D eigenvalue weighted by atomic mass is 9.56. The third-order valence-electron chi connectivity index (χ3n) is 10.9. The van der Waals surface area contributed by atoms with Crippen molar-refractivity contribution in [3.63, 3.8) is 0 Å². The second-order valence-electron chi connectivity index (χ2n) is 15.8. The Bertz CT molecular complexity index is 1780. The van der Waals surface area contributed by atoms with Crippen molar-refractivity contribution in [1.82, 2.24) is 4.98 Å². The molecule has 0 radical (unpaired) electrons. The highest BCUT2D eigenvalue weighted by Crippen LogP contribution is 2.62. The molecule has 1 saturated carbocycles. The highest BCUT2D eigenvalue weighted by Gasteiger charge is 2.64. The van der Waals surface area contributed by atoms with Crippen molar-refractivity contribution in [3.8, 4) is 11.5 Å². The third kappa shape index (κ3) is 9.82. The second-order valence-corrected chi connectivity index (χ2v) is 17.1. The molecule has 6 atom stereocenters. The fourth-order valence-corrected chi connectivity index (χ4v) is 9.81. The largest absolute Gasteiger partial charge is 0.489 e. The highest BCUT2D eigenvalue weighted by atomic mass is 32.2. The SMILES string of the molecule is C=CCO[C@@]12Oc3ccc(OCc4ccccc4F)cc3[C@H]3[C@H](CCCCO)[C@@H](CCCCO)C=C(C(=NOC(C)(C)C)C[C@@H]1SCCc1ccncc1)[C@H]32. The molecule has 0 bridgehead atoms. The van der Waals surface area contributed by atoms with E-state index >= 15 is 0 Å². The van der Waals surface area contributed by atoms with Crippen LogP contribution < -0.4 is 9.47 Å². The van der Waals surface area contributed by atoms with Crippen molar-refractivity contribution in [2.45, 2.75) is 101 Å². The number of aromatic nitrogens is 1. The predicted octanol–water partition coefficient (Wildman–Crippen LogP) is 9.21. The highest BCUT2D eigenvalue weighted by molar-refractivity contribution is 8.00. The summed E-state index contributed by atoms with van der Waals surface area (Å²) in [4.78, 5) is 10.4. The number of fused-ring (bicyclic) bond motifs is 2. The summed E-state index contributed by atoms with van der Waals surface area (Å²) in [6.07, 6.45) is 14.3. The summed E-state index contributed by atoms with van der Waals surface area (Å²) in [6.45, 7) is 10.7. The topological polar surface area (TPSA) is 103 Å². The number of thioether (sulfide) groups is 1. The summed E-state index contributed by atoms with van der Waals surface area (Å²) in [5, 5.41) is 24.5. The molecule has 0 spiro atoms. The molecule has 2 N–H and O–H groups in total. The van der Waals surface area contributed by atoms with Gasteiger partial charge in [-0.3, -0.25) is 4.98 Å². The van der Waals surface area contributed by atoms with E-state index < -0.39 is 11.4 Å². The lowest BCUT2D eigenvalue weighted by molar-refractivity contribution is -0.223. The van der Waals surface area contributed by atoms with Gasteiger partial charge in [-0.15, -0.1) is 6.58 Å². The molecule has 0 unspecified atom stereocenters. The molecule has 6 rings (SSSR count). The van der Waals surface area contributed by atoms with E-state index in [-0.39, 0.29) is 54.6 Å². The van der Waals surface area contributed by atoms with Crippen molar-refractivity contribution in [3.05, 3.63) is 114 Å². The maximum atomic E-state index is 14.6. The average molecular weight is 773 g/mol. The van der Waals surface area contributed by atoms with E-state index in [1.54, 1.807) is 18.2 Å². The normalized spacial score (nSPS) is 25.0. The van der Waals surface area contributed by atoms with Crippen molar-refractivity contribution >= 4 is 17.5 Å². The molecule has 1 aliphatic heterocycles. The molecule has 0 saturated heterocycles. The number of rotatable bonds is 19. The van der Waals surface area contributed by atoms with Gasteiger partial charge in [0.1, 0.15) is 29.5 Å². The first-order chi connectivity index (χ1) is 26.7. The fourth-order valence-electron chi connectivity index (χ4n) is 8.40. The molecule has 2 heterocycles. The number of halogens is 1. The van der Waals surface area contributed by atoms with E-state index in [2.05, 4.69) is 35.8 Å². The summed E-state index contributed by atoms with van der Waals surface area (Å²) in [5.74, 6) is 0.889. The Morgan fingerprint density at radius 1 is 1.04 bits per heavy atom. The number of aliphatic hydroxyl groups is 2. The summed E-state index contributed by atoms with van der Waals surface area (Å²) in [7, 11) is 0. The molecule has 1 aromatic heterocycles. The van der Waals surface area contributed by atoms with Gasteiger partial charge < -0.3 is 29.3 Å². The molecule has 0 amide bonds. The van der Waals surface area contributed by atoms with Crippen LogP contribution in [0.25, 0.3) is 0 Å². The van der Waals surface area contributed by atoms with Crippen LogP contribution in [0.3, 0.4) is 0 Å². The Labute approximate surface area is 330 Å². The zero-order chi connectivity index (χ0) is 38.8. The number of allylic oxidation sites excluding steroid dienone is 1. The molecular weight excluding hydrogens is 716 g/mol. The Balaban J connectivity index is 1.49. The van der Waals surface area contributed by atoms with Crippen LogP contribution in [0.1, 0.15) is 88.3 Å². The number of nitrogens with zero attached hydrogens (tertiary/aromatic N) is 2. The fraction of sp³-hybridized carbons (Fsp3) is 0.511. The predicted molar refractivity (Wildman–Crippen MR) is 217 cm³/mol. The lowest BCUT2D eigenvalue weighted by Gasteiger charge is -2.58. The molecule has 10 heteroatoms. The Morgan fingerprint density at radius 3 is 2.53 bits per heavy atom. The van der Waals surface area contributed by atoms with Gasteiger partial charge in [0.2, 0.25) is 5.79 Å². The van der Waals surface area contributed by atoms with Crippen LogP contribution in [-0.4, -0.2) is 63.1 Å². The van der Waals surface area contributed by atoms with Crippen LogP contribution in [0.4, 0.5) is 4.39 Å². The monoisotopic (exact) mass is 772 g/mol. The van der Waals surface area contributed by atoms with Gasteiger partial charge in [0, 0.05) is 49.1 Å². The van der Waals surface area contributed by atoms with Gasteiger partial charge in [0.05, 0.1) is 23.5 Å². The van der Waals surface area contributed by atoms with Crippen LogP contribution >= 0.6 is 11.8 Å². The van der Waals surface area contributed by atoms with Crippen molar-refractivity contribution in [2.75, 3.05) is 25.6 Å². The van der Waals surface area contributed by atoms with Crippen molar-refractivity contribution in [2.24, 2.45) is 22.9 Å². The lowest BCUT2D eigenvalue weighted by Crippen LogP contribution is -2.64. The Morgan fingerprint density at radius 2 is 1.80 bits per heavy atom. The molecule has 1 fully saturated rings. The number of benzene rings is 2. The molecule has 55 heavy (non-hydrogen) atoms. The smallest absolute Gasteiger partial charge is 0.230 e. The standard InChI is InChI=1S/C45H57FN2O6S/c1-5-25-52-45-41(55-26-20-31-18-21-47-22-19-31)29-39(48-54-44(2,3)4)36-27-32(12-8-10-23-49)35(14-9-11-24-50)42(43(36)45)37-28-34(16-17-40(37)53-45)51-30-33-13-6-7-15-38(33)46/h5-7,13,15-19,21-22,27-28,32,35,41-43,49-50H,1,8-12,14,20,23-26,29-30H2,2-4H3/t32-,35+,41-,42+,43+,45+/m0/s1. The quantitative estimate of drug-likeness (QED) is 0.0707. The minimum atomic E-state index is -1.05. The molecule has 3 aromatic rings. The first kappa shape index (κ1) is 40.9. The molecular formula is C45H57FN2O6S. The van der Waals surface area contributed by atoms with E-state index in [9.17, 15) is 14.6 Å². The zero-order valence-electron chi connectivity index (χ0n) is 32.5. The van der Waals surface area contributed by atoms with E-state index in [1.807, 2.05) is 63.1 Å². The molecule has 296 valence electrons. The van der Waals surface area contributed by atoms with Gasteiger partial charge in [-0.05, 0) is 118 Å². The maximum absolute atomic E-state index is 14.6. The third-order valence-corrected chi connectivity index (χ3v) is 12.2.